The average molecular weight is 281 g/mol. The number of nitrogen functional groups attached to an aromatic ring is 1. The van der Waals surface area contributed by atoms with E-state index < -0.39 is 5.60 Å². The van der Waals surface area contributed by atoms with Crippen LogP contribution in [0.15, 0.2) is 28.7 Å². The van der Waals surface area contributed by atoms with Crippen LogP contribution in [-0.4, -0.2) is 10.1 Å². The van der Waals surface area contributed by atoms with Crippen molar-refractivity contribution in [1.29, 1.82) is 0 Å². The van der Waals surface area contributed by atoms with Crippen molar-refractivity contribution in [2.45, 2.75) is 19.4 Å². The fourth-order valence-electron chi connectivity index (χ4n) is 1.65. The van der Waals surface area contributed by atoms with Crippen molar-refractivity contribution in [3.8, 4) is 0 Å². The number of aliphatic hydroxyl groups is 1. The van der Waals surface area contributed by atoms with Gasteiger partial charge in [-0.15, -0.1) is 0 Å². The molecule has 3 nitrogen and oxygen atoms in total. The lowest BCUT2D eigenvalue weighted by Gasteiger charge is -2.19. The van der Waals surface area contributed by atoms with Crippen molar-refractivity contribution in [3.63, 3.8) is 0 Å². The van der Waals surface area contributed by atoms with Gasteiger partial charge < -0.3 is 10.8 Å². The Hall–Kier alpha value is -1.13. The Morgan fingerprint density at radius 1 is 1.31 bits per heavy atom. The molecule has 4 heteroatoms. The molecule has 1 aromatic carbocycles. The lowest BCUT2D eigenvalue weighted by atomic mass is 10.0. The Balaban J connectivity index is 2.72. The zero-order valence-corrected chi connectivity index (χ0v) is 10.7. The van der Waals surface area contributed by atoms with Crippen LogP contribution in [0.2, 0.25) is 0 Å². The second-order valence-corrected chi connectivity index (χ2v) is 5.24. The summed E-state index contributed by atoms with van der Waals surface area (Å²) in [6, 6.07) is 7.60. The molecule has 1 aromatic heterocycles. The van der Waals surface area contributed by atoms with Gasteiger partial charge in [0.05, 0.1) is 16.9 Å². The highest BCUT2D eigenvalue weighted by Crippen LogP contribution is 2.28. The predicted molar refractivity (Wildman–Crippen MR) is 69.1 cm³/mol. The van der Waals surface area contributed by atoms with Gasteiger partial charge in [0.1, 0.15) is 5.60 Å². The summed E-state index contributed by atoms with van der Waals surface area (Å²) >= 11 is 3.40. The largest absolute Gasteiger partial charge is 0.397 e. The maximum absolute atomic E-state index is 9.93. The molecule has 0 radical (unpaired) electrons. The summed E-state index contributed by atoms with van der Waals surface area (Å²) in [5, 5.41) is 10.9. The van der Waals surface area contributed by atoms with Gasteiger partial charge in [-0.2, -0.15) is 0 Å². The molecule has 2 aromatic rings. The van der Waals surface area contributed by atoms with Crippen molar-refractivity contribution < 1.29 is 5.11 Å². The number of anilines is 1. The first-order valence-electron chi connectivity index (χ1n) is 4.96. The number of rotatable bonds is 1. The van der Waals surface area contributed by atoms with Crippen LogP contribution in [0, 0.1) is 0 Å². The Bertz CT molecular complexity index is 546. The zero-order chi connectivity index (χ0) is 11.9. The highest BCUT2D eigenvalue weighted by Gasteiger charge is 2.21. The quantitative estimate of drug-likeness (QED) is 0.845. The number of hydrogen-bond acceptors (Lipinski definition) is 3. The molecule has 0 atom stereocenters. The van der Waals surface area contributed by atoms with Crippen LogP contribution in [0.5, 0.6) is 0 Å². The third kappa shape index (κ3) is 2.03. The van der Waals surface area contributed by atoms with Crippen LogP contribution < -0.4 is 5.73 Å². The highest BCUT2D eigenvalue weighted by molar-refractivity contribution is 9.10. The van der Waals surface area contributed by atoms with E-state index in [0.29, 0.717) is 11.4 Å². The van der Waals surface area contributed by atoms with Gasteiger partial charge in [-0.05, 0) is 38.1 Å². The molecule has 0 amide bonds. The molecule has 0 aliphatic carbocycles. The van der Waals surface area contributed by atoms with E-state index in [2.05, 4.69) is 20.9 Å². The normalized spacial score (nSPS) is 12.0. The van der Waals surface area contributed by atoms with Gasteiger partial charge in [-0.25, -0.2) is 4.98 Å². The number of hydrogen-bond donors (Lipinski definition) is 2. The second kappa shape index (κ2) is 3.71. The van der Waals surface area contributed by atoms with Gasteiger partial charge in [0, 0.05) is 9.86 Å². The van der Waals surface area contributed by atoms with Crippen LogP contribution in [-0.2, 0) is 5.60 Å². The molecule has 16 heavy (non-hydrogen) atoms. The van der Waals surface area contributed by atoms with Crippen molar-refractivity contribution in [2.75, 3.05) is 5.73 Å². The summed E-state index contributed by atoms with van der Waals surface area (Å²) in [6.07, 6.45) is 0. The van der Waals surface area contributed by atoms with Gasteiger partial charge >= 0.3 is 0 Å². The van der Waals surface area contributed by atoms with Crippen LogP contribution in [0.25, 0.3) is 10.9 Å². The van der Waals surface area contributed by atoms with Gasteiger partial charge in [0.25, 0.3) is 0 Å². The Morgan fingerprint density at radius 2 is 2.00 bits per heavy atom. The van der Waals surface area contributed by atoms with Crippen LogP contribution in [0.3, 0.4) is 0 Å². The van der Waals surface area contributed by atoms with E-state index >= 15 is 0 Å². The average Bonchev–Trinajstić information content (AvgIpc) is 2.14. The summed E-state index contributed by atoms with van der Waals surface area (Å²) < 4.78 is 0.984. The molecule has 0 saturated carbocycles. The van der Waals surface area contributed by atoms with E-state index in [0.717, 1.165) is 15.4 Å². The third-order valence-corrected chi connectivity index (χ3v) is 2.88. The molecule has 84 valence electrons. The maximum Gasteiger partial charge on any atom is 0.103 e. The number of aromatic nitrogens is 1. The molecule has 0 spiro atoms. The lowest BCUT2D eigenvalue weighted by Crippen LogP contribution is -2.19. The first-order chi connectivity index (χ1) is 7.38. The molecule has 2 rings (SSSR count). The van der Waals surface area contributed by atoms with Crippen molar-refractivity contribution in [2.24, 2.45) is 0 Å². The molecule has 0 unspecified atom stereocenters. The summed E-state index contributed by atoms with van der Waals surface area (Å²) in [7, 11) is 0. The minimum absolute atomic E-state index is 0.512. The Morgan fingerprint density at radius 3 is 2.62 bits per heavy atom. The number of fused-ring (bicyclic) bond motifs is 1. The van der Waals surface area contributed by atoms with Crippen LogP contribution in [0.1, 0.15) is 19.5 Å². The standard InChI is InChI=1S/C12H13BrN2O/c1-12(2,16)11-9(14)6-7-5-8(13)3-4-10(7)15-11/h3-6,16H,14H2,1-2H3. The molecule has 0 saturated heterocycles. The SMILES string of the molecule is CC(C)(O)c1nc2ccc(Br)cc2cc1N. The number of benzene rings is 1. The van der Waals surface area contributed by atoms with E-state index in [1.165, 1.54) is 0 Å². The fourth-order valence-corrected chi connectivity index (χ4v) is 2.03. The first-order valence-corrected chi connectivity index (χ1v) is 5.76. The molecule has 0 fully saturated rings. The molecule has 0 aliphatic rings. The van der Waals surface area contributed by atoms with Crippen molar-refractivity contribution in [1.82, 2.24) is 4.98 Å². The van der Waals surface area contributed by atoms with Crippen molar-refractivity contribution >= 4 is 32.5 Å². The molecule has 1 heterocycles. The molecule has 0 bridgehead atoms. The van der Waals surface area contributed by atoms with E-state index in [4.69, 9.17) is 5.73 Å². The van der Waals surface area contributed by atoms with Crippen LogP contribution >= 0.6 is 15.9 Å². The minimum Gasteiger partial charge on any atom is -0.397 e. The monoisotopic (exact) mass is 280 g/mol. The van der Waals surface area contributed by atoms with Gasteiger partial charge in [0.2, 0.25) is 0 Å². The molecule has 3 N–H and O–H groups in total. The second-order valence-electron chi connectivity index (χ2n) is 4.32. The molecule has 0 aliphatic heterocycles. The molecular formula is C12H13BrN2O. The summed E-state index contributed by atoms with van der Waals surface area (Å²) in [5.41, 5.74) is 6.72. The topological polar surface area (TPSA) is 59.1 Å². The number of pyridine rings is 1. The van der Waals surface area contributed by atoms with E-state index in [9.17, 15) is 5.11 Å². The van der Waals surface area contributed by atoms with E-state index in [1.54, 1.807) is 13.8 Å². The Labute approximate surface area is 102 Å². The zero-order valence-electron chi connectivity index (χ0n) is 9.16. The summed E-state index contributed by atoms with van der Waals surface area (Å²) in [6.45, 7) is 3.35. The van der Waals surface area contributed by atoms with Crippen LogP contribution in [0.4, 0.5) is 5.69 Å². The minimum atomic E-state index is -1.02. The smallest absolute Gasteiger partial charge is 0.103 e. The summed E-state index contributed by atoms with van der Waals surface area (Å²) in [4.78, 5) is 4.39. The number of halogens is 1. The highest BCUT2D eigenvalue weighted by atomic mass is 79.9. The van der Waals surface area contributed by atoms with Gasteiger partial charge in [-0.1, -0.05) is 15.9 Å². The van der Waals surface area contributed by atoms with E-state index in [1.807, 2.05) is 24.3 Å². The van der Waals surface area contributed by atoms with Crippen molar-refractivity contribution in [3.05, 3.63) is 34.4 Å². The fraction of sp³-hybridized carbons (Fsp3) is 0.250. The maximum atomic E-state index is 9.93. The number of nitrogens with zero attached hydrogens (tertiary/aromatic N) is 1. The van der Waals surface area contributed by atoms with E-state index in [-0.39, 0.29) is 0 Å². The number of nitrogens with two attached hydrogens (primary N) is 1. The first kappa shape index (κ1) is 11.4. The molecular weight excluding hydrogens is 268 g/mol. The predicted octanol–water partition coefficient (Wildman–Crippen LogP) is 2.81. The van der Waals surface area contributed by atoms with Gasteiger partial charge in [-0.3, -0.25) is 0 Å². The lowest BCUT2D eigenvalue weighted by molar-refractivity contribution is 0.0751. The third-order valence-electron chi connectivity index (χ3n) is 2.39. The van der Waals surface area contributed by atoms with Gasteiger partial charge in [0.15, 0.2) is 0 Å². The summed E-state index contributed by atoms with van der Waals surface area (Å²) in [5.74, 6) is 0. The Kier molecular flexibility index (Phi) is 2.64.